The van der Waals surface area contributed by atoms with Gasteiger partial charge in [-0.1, -0.05) is 50.6 Å². The van der Waals surface area contributed by atoms with Crippen molar-refractivity contribution in [2.45, 2.75) is 76.1 Å². The van der Waals surface area contributed by atoms with Crippen LogP contribution in [0.25, 0.3) is 0 Å². The molecule has 1 amide bonds. The maximum absolute atomic E-state index is 13.5. The fraction of sp³-hybridized carbons (Fsp3) is 0.559. The number of amides is 1. The number of benzene rings is 2. The number of carbonyl (C=O) groups excluding carboxylic acids is 1. The average Bonchev–Trinajstić information content (AvgIpc) is 3.08. The molecule has 0 saturated heterocycles. The highest BCUT2D eigenvalue weighted by molar-refractivity contribution is 7.90. The van der Waals surface area contributed by atoms with E-state index in [0.717, 1.165) is 42.8 Å². The lowest BCUT2D eigenvalue weighted by molar-refractivity contribution is 0.0454. The average molecular weight is 627 g/mol. The first-order valence-corrected chi connectivity index (χ1v) is 17.6. The topological polar surface area (TPSA) is 95.9 Å². The molecule has 2 aliphatic carbocycles. The molecule has 6 rings (SSSR count). The van der Waals surface area contributed by atoms with Crippen LogP contribution in [-0.2, 0) is 21.9 Å². The zero-order valence-electron chi connectivity index (χ0n) is 25.3. The molecule has 0 aromatic heterocycles. The molecule has 2 heterocycles. The van der Waals surface area contributed by atoms with Crippen LogP contribution in [0.2, 0.25) is 5.02 Å². The molecule has 43 heavy (non-hydrogen) atoms. The van der Waals surface area contributed by atoms with Gasteiger partial charge in [0.05, 0.1) is 23.6 Å². The SMILES string of the molecule is CC(C)[C@@H]1C[C@@H](C)/C=C/[C@H](O)[C@@H]2CC[C@H]2CN2C[C@@]3(CCCc4cc(Cl)ccc43)COc3ccc(cc32)C(=O)NS1(=O)=O. The summed E-state index contributed by atoms with van der Waals surface area (Å²) in [5.41, 5.74) is 3.33. The van der Waals surface area contributed by atoms with Crippen LogP contribution in [-0.4, -0.2) is 50.5 Å². The Labute approximate surface area is 260 Å². The Morgan fingerprint density at radius 3 is 2.70 bits per heavy atom. The van der Waals surface area contributed by atoms with Crippen LogP contribution in [0.1, 0.15) is 74.4 Å². The van der Waals surface area contributed by atoms with Crippen molar-refractivity contribution in [3.05, 3.63) is 70.3 Å². The summed E-state index contributed by atoms with van der Waals surface area (Å²) >= 11 is 6.40. The van der Waals surface area contributed by atoms with E-state index in [1.54, 1.807) is 18.2 Å². The van der Waals surface area contributed by atoms with Gasteiger partial charge >= 0.3 is 0 Å². The van der Waals surface area contributed by atoms with Crippen molar-refractivity contribution < 1.29 is 23.1 Å². The highest BCUT2D eigenvalue weighted by Gasteiger charge is 2.44. The Morgan fingerprint density at radius 1 is 1.14 bits per heavy atom. The molecule has 0 unspecified atom stereocenters. The van der Waals surface area contributed by atoms with Gasteiger partial charge in [0, 0.05) is 29.1 Å². The summed E-state index contributed by atoms with van der Waals surface area (Å²) in [5.74, 6) is 0.185. The molecular weight excluding hydrogens is 584 g/mol. The van der Waals surface area contributed by atoms with Crippen LogP contribution in [0.3, 0.4) is 0 Å². The number of aliphatic hydroxyl groups is 1. The number of ether oxygens (including phenoxy) is 1. The number of aryl methyl sites for hydroxylation is 1. The highest BCUT2D eigenvalue weighted by atomic mass is 35.5. The molecule has 1 saturated carbocycles. The van der Waals surface area contributed by atoms with Gasteiger partial charge in [-0.15, -0.1) is 0 Å². The van der Waals surface area contributed by atoms with Crippen molar-refractivity contribution in [1.29, 1.82) is 0 Å². The largest absolute Gasteiger partial charge is 0.490 e. The monoisotopic (exact) mass is 626 g/mol. The van der Waals surface area contributed by atoms with Crippen LogP contribution in [0.4, 0.5) is 5.69 Å². The fourth-order valence-electron chi connectivity index (χ4n) is 7.72. The zero-order chi connectivity index (χ0) is 30.5. The molecule has 7 nitrogen and oxygen atoms in total. The number of anilines is 1. The quantitative estimate of drug-likeness (QED) is 0.384. The van der Waals surface area contributed by atoms with Gasteiger partial charge in [-0.05, 0) is 104 Å². The minimum atomic E-state index is -3.96. The van der Waals surface area contributed by atoms with E-state index in [9.17, 15) is 18.3 Å². The van der Waals surface area contributed by atoms with E-state index in [4.69, 9.17) is 16.3 Å². The van der Waals surface area contributed by atoms with Crippen LogP contribution in [0.5, 0.6) is 5.75 Å². The highest BCUT2D eigenvalue weighted by Crippen LogP contribution is 2.46. The Kier molecular flexibility index (Phi) is 8.33. The van der Waals surface area contributed by atoms with Crippen molar-refractivity contribution in [1.82, 2.24) is 4.72 Å². The molecule has 4 aliphatic rings. The van der Waals surface area contributed by atoms with E-state index in [0.29, 0.717) is 31.9 Å². The Morgan fingerprint density at radius 2 is 1.95 bits per heavy atom. The third kappa shape index (κ3) is 5.95. The van der Waals surface area contributed by atoms with Gasteiger partial charge < -0.3 is 14.7 Å². The maximum atomic E-state index is 13.5. The van der Waals surface area contributed by atoms with Crippen molar-refractivity contribution in [3.8, 4) is 5.75 Å². The molecule has 232 valence electrons. The van der Waals surface area contributed by atoms with Gasteiger partial charge in [-0.3, -0.25) is 4.79 Å². The summed E-state index contributed by atoms with van der Waals surface area (Å²) in [6.45, 7) is 7.60. The molecule has 0 radical (unpaired) electrons. The van der Waals surface area contributed by atoms with Crippen molar-refractivity contribution >= 4 is 33.2 Å². The predicted octanol–water partition coefficient (Wildman–Crippen LogP) is 5.88. The van der Waals surface area contributed by atoms with Gasteiger partial charge in [0.2, 0.25) is 10.0 Å². The number of hydrogen-bond acceptors (Lipinski definition) is 6. The summed E-state index contributed by atoms with van der Waals surface area (Å²) in [6.07, 6.45) is 8.49. The van der Waals surface area contributed by atoms with Crippen LogP contribution in [0, 0.1) is 23.7 Å². The summed E-state index contributed by atoms with van der Waals surface area (Å²) in [4.78, 5) is 15.8. The molecule has 9 heteroatoms. The molecule has 1 fully saturated rings. The Bertz CT molecular complexity index is 1520. The van der Waals surface area contributed by atoms with Gasteiger partial charge in [0.15, 0.2) is 0 Å². The van der Waals surface area contributed by atoms with Crippen molar-refractivity contribution in [2.24, 2.45) is 23.7 Å². The van der Waals surface area contributed by atoms with Gasteiger partial charge in [0.1, 0.15) is 5.75 Å². The van der Waals surface area contributed by atoms with Gasteiger partial charge in [0.25, 0.3) is 5.91 Å². The number of allylic oxidation sites excluding steroid dienone is 1. The molecule has 2 aliphatic heterocycles. The number of carbonyl (C=O) groups is 1. The van der Waals surface area contributed by atoms with E-state index in [1.165, 1.54) is 11.1 Å². The van der Waals surface area contributed by atoms with Crippen LogP contribution >= 0.6 is 11.6 Å². The summed E-state index contributed by atoms with van der Waals surface area (Å²) in [7, 11) is -3.96. The first-order chi connectivity index (χ1) is 20.5. The normalized spacial score (nSPS) is 32.9. The number of halogens is 1. The number of nitrogens with one attached hydrogen (secondary N) is 1. The van der Waals surface area contributed by atoms with Gasteiger partial charge in [-0.25, -0.2) is 13.1 Å². The Hall–Kier alpha value is -2.55. The zero-order valence-corrected chi connectivity index (χ0v) is 26.8. The molecule has 6 atom stereocenters. The third-order valence-corrected chi connectivity index (χ3v) is 12.5. The number of aliphatic hydroxyl groups excluding tert-OH is 1. The van der Waals surface area contributed by atoms with Gasteiger partial charge in [-0.2, -0.15) is 0 Å². The molecule has 2 N–H and O–H groups in total. The van der Waals surface area contributed by atoms with Crippen molar-refractivity contribution in [2.75, 3.05) is 24.6 Å². The lowest BCUT2D eigenvalue weighted by Gasteiger charge is -2.45. The van der Waals surface area contributed by atoms with Crippen LogP contribution in [0.15, 0.2) is 48.6 Å². The summed E-state index contributed by atoms with van der Waals surface area (Å²) < 4.78 is 35.9. The second-order valence-electron chi connectivity index (χ2n) is 13.6. The number of sulfonamides is 1. The van der Waals surface area contributed by atoms with E-state index < -0.39 is 27.3 Å². The second kappa shape index (κ2) is 11.8. The lowest BCUT2D eigenvalue weighted by atomic mass is 9.68. The molecular formula is C34H43ClN2O5S. The molecule has 2 bridgehead atoms. The first kappa shape index (κ1) is 30.5. The number of fused-ring (bicyclic) bond motifs is 4. The van der Waals surface area contributed by atoms with Crippen molar-refractivity contribution in [3.63, 3.8) is 0 Å². The van der Waals surface area contributed by atoms with E-state index in [2.05, 4.69) is 21.8 Å². The first-order valence-electron chi connectivity index (χ1n) is 15.7. The number of nitrogens with zero attached hydrogens (tertiary/aromatic N) is 1. The minimum absolute atomic E-state index is 0.0754. The molecule has 2 aromatic rings. The Balaban J connectivity index is 1.43. The fourth-order valence-corrected chi connectivity index (χ4v) is 9.72. The van der Waals surface area contributed by atoms with E-state index in [-0.39, 0.29) is 34.7 Å². The predicted molar refractivity (Wildman–Crippen MR) is 170 cm³/mol. The number of rotatable bonds is 1. The number of hydrogen-bond donors (Lipinski definition) is 2. The molecule has 2 aromatic carbocycles. The second-order valence-corrected chi connectivity index (χ2v) is 16.0. The maximum Gasteiger partial charge on any atom is 0.264 e. The molecule has 1 spiro atoms. The lowest BCUT2D eigenvalue weighted by Crippen LogP contribution is -2.49. The minimum Gasteiger partial charge on any atom is -0.490 e. The van der Waals surface area contributed by atoms with Crippen LogP contribution < -0.4 is 14.4 Å². The van der Waals surface area contributed by atoms with E-state index >= 15 is 0 Å². The summed E-state index contributed by atoms with van der Waals surface area (Å²) in [6, 6.07) is 11.4. The smallest absolute Gasteiger partial charge is 0.264 e. The summed E-state index contributed by atoms with van der Waals surface area (Å²) in [5, 5.41) is 11.2. The third-order valence-electron chi connectivity index (χ3n) is 10.3. The standard InChI is InChI=1S/C34H43ClN2O5S/c1-21(2)32-15-22(3)6-12-30(38)27-10-7-25(27)18-37-19-34(14-4-5-23-16-26(35)9-11-28(23)34)20-42-31-13-8-24(17-29(31)37)33(39)36-43(32,40)41/h6,8-9,11-13,16-17,21-22,25,27,30,32,38H,4-5,7,10,14-15,18-20H2,1-3H3,(H,36,39)/b12-6+/t22-,25-,27+,30-,32-,34-/m0/s1. The van der Waals surface area contributed by atoms with E-state index in [1.807, 2.05) is 39.0 Å².